The van der Waals surface area contributed by atoms with Crippen LogP contribution in [0.5, 0.6) is 0 Å². The molecule has 0 bridgehead atoms. The second-order valence-corrected chi connectivity index (χ2v) is 8.70. The molecule has 8 heteroatoms. The molecule has 8 nitrogen and oxygen atoms in total. The Morgan fingerprint density at radius 2 is 1.74 bits per heavy atom. The van der Waals surface area contributed by atoms with E-state index in [1.165, 1.54) is 18.0 Å². The first-order valence-corrected chi connectivity index (χ1v) is 11.6. The van der Waals surface area contributed by atoms with Gasteiger partial charge >= 0.3 is 6.03 Å². The molecule has 1 fully saturated rings. The van der Waals surface area contributed by atoms with Crippen molar-refractivity contribution in [2.75, 3.05) is 18.4 Å². The maximum absolute atomic E-state index is 12.3. The number of carbonyl (C=O) groups excluding carboxylic acids is 2. The van der Waals surface area contributed by atoms with Crippen LogP contribution >= 0.6 is 0 Å². The molecule has 0 saturated carbocycles. The highest BCUT2D eigenvalue weighted by molar-refractivity contribution is 5.97. The standard InChI is InChI=1S/C27H28N6O2/c1-19-2-3-21(16-25(19)30-27(35)32-31-26(34)24-8-12-29-13-9-24)18-33-14-10-23(11-15-33)22-6-4-20(17-28)5-7-22/h2-9,12-13,16,23H,10-11,14-15,18H2,1H3,(H,31,34)(H2,30,32,35). The van der Waals surface area contributed by atoms with Gasteiger partial charge in [-0.2, -0.15) is 5.26 Å². The summed E-state index contributed by atoms with van der Waals surface area (Å²) in [5.74, 6) is 0.0951. The van der Waals surface area contributed by atoms with Crippen LogP contribution < -0.4 is 16.2 Å². The molecule has 0 radical (unpaired) electrons. The fourth-order valence-corrected chi connectivity index (χ4v) is 4.26. The molecular weight excluding hydrogens is 440 g/mol. The smallest absolute Gasteiger partial charge is 0.306 e. The van der Waals surface area contributed by atoms with E-state index < -0.39 is 11.9 Å². The summed E-state index contributed by atoms with van der Waals surface area (Å²) in [7, 11) is 0. The number of hydrazine groups is 1. The van der Waals surface area contributed by atoms with Gasteiger partial charge in [0.1, 0.15) is 0 Å². The van der Waals surface area contributed by atoms with E-state index in [-0.39, 0.29) is 0 Å². The van der Waals surface area contributed by atoms with Crippen LogP contribution in [0, 0.1) is 18.3 Å². The SMILES string of the molecule is Cc1ccc(CN2CCC(c3ccc(C#N)cc3)CC2)cc1NC(=O)NNC(=O)c1ccncc1. The van der Waals surface area contributed by atoms with Crippen LogP contribution in [0.1, 0.15) is 51.4 Å². The number of nitriles is 1. The summed E-state index contributed by atoms with van der Waals surface area (Å²) in [6.45, 7) is 4.71. The van der Waals surface area contributed by atoms with Crippen molar-refractivity contribution in [1.29, 1.82) is 5.26 Å². The molecule has 3 aromatic rings. The normalized spacial score (nSPS) is 14.1. The number of likely N-dealkylation sites (tertiary alicyclic amines) is 1. The number of amides is 3. The number of hydrogen-bond acceptors (Lipinski definition) is 5. The number of pyridine rings is 1. The third-order valence-corrected chi connectivity index (χ3v) is 6.29. The summed E-state index contributed by atoms with van der Waals surface area (Å²) in [5, 5.41) is 11.8. The topological polar surface area (TPSA) is 110 Å². The van der Waals surface area contributed by atoms with Crippen LogP contribution in [0.25, 0.3) is 0 Å². The minimum absolute atomic E-state index is 0.404. The zero-order valence-corrected chi connectivity index (χ0v) is 19.6. The first kappa shape index (κ1) is 23.9. The largest absolute Gasteiger partial charge is 0.337 e. The minimum atomic E-state index is -0.518. The lowest BCUT2D eigenvalue weighted by molar-refractivity contribution is 0.0938. The number of nitrogens with zero attached hydrogens (tertiary/aromatic N) is 3. The number of benzene rings is 2. The number of aryl methyl sites for hydroxylation is 1. The number of nitrogens with one attached hydrogen (secondary N) is 3. The van der Waals surface area contributed by atoms with E-state index in [2.05, 4.69) is 50.3 Å². The van der Waals surface area contributed by atoms with Crippen molar-refractivity contribution in [3.63, 3.8) is 0 Å². The Balaban J connectivity index is 1.28. The second kappa shape index (κ2) is 11.3. The lowest BCUT2D eigenvalue weighted by Gasteiger charge is -2.32. The first-order chi connectivity index (χ1) is 17.0. The predicted molar refractivity (Wildman–Crippen MR) is 133 cm³/mol. The number of piperidine rings is 1. The van der Waals surface area contributed by atoms with Crippen molar-refractivity contribution in [3.05, 3.63) is 94.8 Å². The molecule has 2 heterocycles. The van der Waals surface area contributed by atoms with E-state index in [0.29, 0.717) is 22.7 Å². The molecule has 1 saturated heterocycles. The van der Waals surface area contributed by atoms with E-state index in [0.717, 1.165) is 43.6 Å². The number of rotatable bonds is 5. The monoisotopic (exact) mass is 468 g/mol. The zero-order valence-electron chi connectivity index (χ0n) is 19.6. The molecule has 1 aliphatic heterocycles. The van der Waals surface area contributed by atoms with Crippen molar-refractivity contribution in [2.45, 2.75) is 32.2 Å². The first-order valence-electron chi connectivity index (χ1n) is 11.6. The third kappa shape index (κ3) is 6.43. The van der Waals surface area contributed by atoms with Gasteiger partial charge in [0.25, 0.3) is 5.91 Å². The lowest BCUT2D eigenvalue weighted by Crippen LogP contribution is -2.44. The summed E-state index contributed by atoms with van der Waals surface area (Å²) in [6.07, 6.45) is 5.17. The Bertz CT molecular complexity index is 1210. The molecule has 1 aliphatic rings. The lowest BCUT2D eigenvalue weighted by atomic mass is 9.89. The molecule has 3 N–H and O–H groups in total. The van der Waals surface area contributed by atoms with Gasteiger partial charge in [-0.05, 0) is 85.8 Å². The van der Waals surface area contributed by atoms with Crippen LogP contribution in [0.2, 0.25) is 0 Å². The highest BCUT2D eigenvalue weighted by Crippen LogP contribution is 2.29. The van der Waals surface area contributed by atoms with Gasteiger partial charge in [0.2, 0.25) is 0 Å². The number of aromatic nitrogens is 1. The molecule has 35 heavy (non-hydrogen) atoms. The maximum Gasteiger partial charge on any atom is 0.337 e. The number of hydrogen-bond donors (Lipinski definition) is 3. The molecular formula is C27H28N6O2. The van der Waals surface area contributed by atoms with Crippen molar-refractivity contribution < 1.29 is 9.59 Å². The maximum atomic E-state index is 12.3. The Morgan fingerprint density at radius 1 is 1.03 bits per heavy atom. The minimum Gasteiger partial charge on any atom is -0.306 e. The zero-order chi connectivity index (χ0) is 24.6. The van der Waals surface area contributed by atoms with Crippen LogP contribution in [0.4, 0.5) is 10.5 Å². The Kier molecular flexibility index (Phi) is 7.70. The van der Waals surface area contributed by atoms with E-state index in [4.69, 9.17) is 5.26 Å². The Morgan fingerprint density at radius 3 is 2.43 bits per heavy atom. The summed E-state index contributed by atoms with van der Waals surface area (Å²) >= 11 is 0. The highest BCUT2D eigenvalue weighted by Gasteiger charge is 2.21. The molecule has 3 amide bonds. The molecule has 0 unspecified atom stereocenters. The number of urea groups is 1. The van der Waals surface area contributed by atoms with Gasteiger partial charge in [-0.25, -0.2) is 10.2 Å². The van der Waals surface area contributed by atoms with Crippen molar-refractivity contribution in [3.8, 4) is 6.07 Å². The molecule has 0 atom stereocenters. The van der Waals surface area contributed by atoms with Crippen molar-refractivity contribution in [1.82, 2.24) is 20.7 Å². The molecule has 0 aliphatic carbocycles. The molecule has 1 aromatic heterocycles. The van der Waals surface area contributed by atoms with Gasteiger partial charge in [0, 0.05) is 30.2 Å². The van der Waals surface area contributed by atoms with Gasteiger partial charge in [0.05, 0.1) is 11.6 Å². The van der Waals surface area contributed by atoms with Crippen LogP contribution in [0.15, 0.2) is 67.0 Å². The van der Waals surface area contributed by atoms with Gasteiger partial charge in [-0.3, -0.25) is 20.1 Å². The fraction of sp³-hybridized carbons (Fsp3) is 0.259. The van der Waals surface area contributed by atoms with Crippen molar-refractivity contribution >= 4 is 17.6 Å². The molecule has 178 valence electrons. The molecule has 2 aromatic carbocycles. The number of carbonyl (C=O) groups is 2. The van der Waals surface area contributed by atoms with Crippen LogP contribution in [-0.2, 0) is 6.54 Å². The average molecular weight is 469 g/mol. The van der Waals surface area contributed by atoms with Gasteiger partial charge in [-0.15, -0.1) is 0 Å². The van der Waals surface area contributed by atoms with E-state index >= 15 is 0 Å². The van der Waals surface area contributed by atoms with E-state index in [9.17, 15) is 9.59 Å². The van der Waals surface area contributed by atoms with E-state index in [1.807, 2.05) is 31.2 Å². The van der Waals surface area contributed by atoms with Gasteiger partial charge in [-0.1, -0.05) is 24.3 Å². The average Bonchev–Trinajstić information content (AvgIpc) is 2.90. The second-order valence-electron chi connectivity index (χ2n) is 8.70. The predicted octanol–water partition coefficient (Wildman–Crippen LogP) is 4.11. The van der Waals surface area contributed by atoms with Crippen molar-refractivity contribution in [2.24, 2.45) is 0 Å². The molecule has 0 spiro atoms. The third-order valence-electron chi connectivity index (χ3n) is 6.29. The number of anilines is 1. The Hall–Kier alpha value is -4.22. The van der Waals surface area contributed by atoms with Gasteiger partial charge in [0.15, 0.2) is 0 Å². The van der Waals surface area contributed by atoms with Crippen LogP contribution in [0.3, 0.4) is 0 Å². The Labute approximate surface area is 205 Å². The summed E-state index contributed by atoms with van der Waals surface area (Å²) in [4.78, 5) is 30.7. The summed E-state index contributed by atoms with van der Waals surface area (Å²) < 4.78 is 0. The van der Waals surface area contributed by atoms with Crippen LogP contribution in [-0.4, -0.2) is 34.9 Å². The summed E-state index contributed by atoms with van der Waals surface area (Å²) in [6, 6.07) is 18.8. The van der Waals surface area contributed by atoms with E-state index in [1.54, 1.807) is 12.1 Å². The quantitative estimate of drug-likeness (QED) is 0.488. The summed E-state index contributed by atoms with van der Waals surface area (Å²) in [5.41, 5.74) is 9.92. The highest BCUT2D eigenvalue weighted by atomic mass is 16.2. The van der Waals surface area contributed by atoms with Gasteiger partial charge < -0.3 is 5.32 Å². The molecule has 4 rings (SSSR count). The fourth-order valence-electron chi connectivity index (χ4n) is 4.26.